The fourth-order valence-corrected chi connectivity index (χ4v) is 3.63. The maximum absolute atomic E-state index is 4.84. The molecule has 1 aromatic carbocycles. The van der Waals surface area contributed by atoms with Gasteiger partial charge in [-0.25, -0.2) is 9.98 Å². The van der Waals surface area contributed by atoms with Crippen LogP contribution in [0.2, 0.25) is 0 Å². The van der Waals surface area contributed by atoms with Gasteiger partial charge in [0.25, 0.3) is 0 Å². The average Bonchev–Trinajstić information content (AvgIpc) is 2.73. The van der Waals surface area contributed by atoms with Crippen LogP contribution in [0.4, 0.5) is 5.82 Å². The minimum Gasteiger partial charge on any atom is -0.357 e. The predicted molar refractivity (Wildman–Crippen MR) is 133 cm³/mol. The van der Waals surface area contributed by atoms with Crippen LogP contribution in [0.5, 0.6) is 0 Å². The number of benzene rings is 1. The largest absolute Gasteiger partial charge is 0.357 e. The molecule has 1 aromatic heterocycles. The van der Waals surface area contributed by atoms with Crippen molar-refractivity contribution in [1.82, 2.24) is 15.6 Å². The molecule has 2 aromatic rings. The van der Waals surface area contributed by atoms with Crippen molar-refractivity contribution in [3.8, 4) is 0 Å². The molecule has 1 saturated heterocycles. The van der Waals surface area contributed by atoms with Crippen LogP contribution in [0.25, 0.3) is 0 Å². The van der Waals surface area contributed by atoms with E-state index in [9.17, 15) is 0 Å². The number of aryl methyl sites for hydroxylation is 2. The molecule has 29 heavy (non-hydrogen) atoms. The van der Waals surface area contributed by atoms with Gasteiger partial charge in [-0.1, -0.05) is 37.3 Å². The third-order valence-corrected chi connectivity index (χ3v) is 5.31. The lowest BCUT2D eigenvalue weighted by Crippen LogP contribution is -2.48. The van der Waals surface area contributed by atoms with E-state index in [1.807, 2.05) is 6.20 Å². The van der Waals surface area contributed by atoms with E-state index in [-0.39, 0.29) is 24.0 Å². The third-order valence-electron chi connectivity index (χ3n) is 5.31. The van der Waals surface area contributed by atoms with Crippen molar-refractivity contribution in [3.05, 3.63) is 59.3 Å². The van der Waals surface area contributed by atoms with Gasteiger partial charge >= 0.3 is 0 Å². The summed E-state index contributed by atoms with van der Waals surface area (Å²) in [7, 11) is 0. The van der Waals surface area contributed by atoms with Gasteiger partial charge in [0, 0.05) is 31.9 Å². The summed E-state index contributed by atoms with van der Waals surface area (Å²) in [6, 6.07) is 13.3. The van der Waals surface area contributed by atoms with Gasteiger partial charge in [-0.05, 0) is 55.9 Å². The van der Waals surface area contributed by atoms with Crippen molar-refractivity contribution in [1.29, 1.82) is 0 Å². The summed E-state index contributed by atoms with van der Waals surface area (Å²) in [4.78, 5) is 11.8. The quantitative estimate of drug-likeness (QED) is 0.348. The standard InChI is InChI=1S/C23H33N5.HI/c1-4-19-8-6-7-9-20(19)17-26-23(24-5-2)27-21-12-14-28(15-13-21)22-11-10-18(3)16-25-22;/h6-11,16,21H,4-5,12-15,17H2,1-3H3,(H2,24,26,27);1H. The Morgan fingerprint density at radius 2 is 1.83 bits per heavy atom. The van der Waals surface area contributed by atoms with Crippen LogP contribution in [0, 0.1) is 6.92 Å². The molecule has 1 aliphatic heterocycles. The van der Waals surface area contributed by atoms with Crippen molar-refractivity contribution in [2.24, 2.45) is 4.99 Å². The Bertz CT molecular complexity index is 767. The molecule has 3 rings (SSSR count). The van der Waals surface area contributed by atoms with Gasteiger partial charge in [0.1, 0.15) is 5.82 Å². The highest BCUT2D eigenvalue weighted by atomic mass is 127. The monoisotopic (exact) mass is 507 g/mol. The van der Waals surface area contributed by atoms with Crippen molar-refractivity contribution >= 4 is 35.8 Å². The fourth-order valence-electron chi connectivity index (χ4n) is 3.63. The number of aromatic nitrogens is 1. The number of nitrogens with one attached hydrogen (secondary N) is 2. The zero-order chi connectivity index (χ0) is 19.8. The summed E-state index contributed by atoms with van der Waals surface area (Å²) in [5.74, 6) is 2.00. The van der Waals surface area contributed by atoms with Crippen LogP contribution in [0.3, 0.4) is 0 Å². The Morgan fingerprint density at radius 1 is 1.10 bits per heavy atom. The number of piperidine rings is 1. The molecule has 5 nitrogen and oxygen atoms in total. The normalized spacial score (nSPS) is 15.0. The van der Waals surface area contributed by atoms with Crippen molar-refractivity contribution < 1.29 is 0 Å². The minimum atomic E-state index is 0. The summed E-state index contributed by atoms with van der Waals surface area (Å²) in [6.45, 7) is 10.0. The summed E-state index contributed by atoms with van der Waals surface area (Å²) in [5.41, 5.74) is 3.89. The molecule has 2 heterocycles. The molecule has 6 heteroatoms. The van der Waals surface area contributed by atoms with Crippen LogP contribution in [0.1, 0.15) is 43.4 Å². The second-order valence-corrected chi connectivity index (χ2v) is 7.42. The molecular weight excluding hydrogens is 473 g/mol. The van der Waals surface area contributed by atoms with Gasteiger partial charge < -0.3 is 15.5 Å². The average molecular weight is 507 g/mol. The summed E-state index contributed by atoms with van der Waals surface area (Å²) >= 11 is 0. The highest BCUT2D eigenvalue weighted by Gasteiger charge is 2.20. The maximum atomic E-state index is 4.84. The first-order chi connectivity index (χ1) is 13.7. The molecule has 0 atom stereocenters. The number of rotatable bonds is 6. The number of anilines is 1. The number of guanidine groups is 1. The Morgan fingerprint density at radius 3 is 2.45 bits per heavy atom. The first kappa shape index (κ1) is 23.4. The highest BCUT2D eigenvalue weighted by molar-refractivity contribution is 14.0. The van der Waals surface area contributed by atoms with Gasteiger partial charge in [0.15, 0.2) is 5.96 Å². The number of hydrogen-bond acceptors (Lipinski definition) is 3. The van der Waals surface area contributed by atoms with Crippen molar-refractivity contribution in [2.45, 2.75) is 52.6 Å². The molecule has 0 spiro atoms. The second-order valence-electron chi connectivity index (χ2n) is 7.42. The second kappa shape index (κ2) is 12.0. The number of nitrogens with zero attached hydrogens (tertiary/aromatic N) is 3. The molecule has 1 aliphatic rings. The Labute approximate surface area is 192 Å². The lowest BCUT2D eigenvalue weighted by atomic mass is 10.0. The predicted octanol–water partition coefficient (Wildman–Crippen LogP) is 4.29. The van der Waals surface area contributed by atoms with Crippen molar-refractivity contribution in [2.75, 3.05) is 24.5 Å². The summed E-state index contributed by atoms with van der Waals surface area (Å²) in [5, 5.41) is 7.04. The molecule has 0 unspecified atom stereocenters. The first-order valence-corrected chi connectivity index (χ1v) is 10.5. The number of aliphatic imine (C=N–C) groups is 1. The Hall–Kier alpha value is -1.83. The SMILES string of the molecule is CCNC(=NCc1ccccc1CC)NC1CCN(c2ccc(C)cn2)CC1.I. The maximum Gasteiger partial charge on any atom is 0.191 e. The molecule has 1 fully saturated rings. The zero-order valence-electron chi connectivity index (χ0n) is 17.8. The van der Waals surface area contributed by atoms with Gasteiger partial charge in [-0.15, -0.1) is 24.0 Å². The molecule has 0 radical (unpaired) electrons. The first-order valence-electron chi connectivity index (χ1n) is 10.5. The van der Waals surface area contributed by atoms with Crippen LogP contribution in [-0.2, 0) is 13.0 Å². The zero-order valence-corrected chi connectivity index (χ0v) is 20.1. The van der Waals surface area contributed by atoms with E-state index < -0.39 is 0 Å². The van der Waals surface area contributed by atoms with E-state index in [0.29, 0.717) is 12.6 Å². The molecule has 0 saturated carbocycles. The van der Waals surface area contributed by atoms with Gasteiger partial charge in [-0.3, -0.25) is 0 Å². The van der Waals surface area contributed by atoms with E-state index in [0.717, 1.165) is 50.7 Å². The van der Waals surface area contributed by atoms with Gasteiger partial charge in [0.2, 0.25) is 0 Å². The highest BCUT2D eigenvalue weighted by Crippen LogP contribution is 2.18. The smallest absolute Gasteiger partial charge is 0.191 e. The van der Waals surface area contributed by atoms with Gasteiger partial charge in [0.05, 0.1) is 6.54 Å². The van der Waals surface area contributed by atoms with E-state index in [4.69, 9.17) is 4.99 Å². The molecule has 0 bridgehead atoms. The van der Waals surface area contributed by atoms with Crippen LogP contribution in [0.15, 0.2) is 47.6 Å². The molecular formula is C23H34IN5. The number of halogens is 1. The minimum absolute atomic E-state index is 0. The van der Waals surface area contributed by atoms with Crippen molar-refractivity contribution in [3.63, 3.8) is 0 Å². The Balaban J connectivity index is 0.00000300. The summed E-state index contributed by atoms with van der Waals surface area (Å²) in [6.07, 6.45) is 5.17. The Kier molecular flexibility index (Phi) is 9.70. The fraction of sp³-hybridized carbons (Fsp3) is 0.478. The molecule has 0 aliphatic carbocycles. The lowest BCUT2D eigenvalue weighted by Gasteiger charge is -2.33. The number of pyridine rings is 1. The van der Waals surface area contributed by atoms with E-state index in [1.165, 1.54) is 16.7 Å². The van der Waals surface area contributed by atoms with Crippen LogP contribution >= 0.6 is 24.0 Å². The van der Waals surface area contributed by atoms with Crippen LogP contribution < -0.4 is 15.5 Å². The molecule has 158 valence electrons. The molecule has 2 N–H and O–H groups in total. The molecule has 0 amide bonds. The lowest BCUT2D eigenvalue weighted by molar-refractivity contribution is 0.459. The third kappa shape index (κ3) is 6.87. The number of hydrogen-bond donors (Lipinski definition) is 2. The van der Waals surface area contributed by atoms with Crippen LogP contribution in [-0.4, -0.2) is 36.6 Å². The topological polar surface area (TPSA) is 52.6 Å². The van der Waals surface area contributed by atoms with Gasteiger partial charge in [-0.2, -0.15) is 0 Å². The summed E-state index contributed by atoms with van der Waals surface area (Å²) < 4.78 is 0. The van der Waals surface area contributed by atoms with E-state index in [1.54, 1.807) is 0 Å². The van der Waals surface area contributed by atoms with E-state index in [2.05, 4.69) is 77.7 Å². The van der Waals surface area contributed by atoms with E-state index >= 15 is 0 Å².